The number of benzene rings is 1. The lowest BCUT2D eigenvalue weighted by molar-refractivity contribution is 0.169. The molecular formula is C15H20Cl2N2O2. The minimum Gasteiger partial charge on any atom is -0.453 e. The summed E-state index contributed by atoms with van der Waals surface area (Å²) in [7, 11) is 1.37. The van der Waals surface area contributed by atoms with Crippen molar-refractivity contribution in [1.82, 2.24) is 10.6 Å². The van der Waals surface area contributed by atoms with Crippen LogP contribution in [0.2, 0.25) is 10.0 Å². The molecular weight excluding hydrogens is 311 g/mol. The highest BCUT2D eigenvalue weighted by molar-refractivity contribution is 6.42. The van der Waals surface area contributed by atoms with Gasteiger partial charge in [0.1, 0.15) is 0 Å². The lowest BCUT2D eigenvalue weighted by Gasteiger charge is -2.38. The molecule has 1 amide bonds. The number of nitrogens with one attached hydrogen (secondary N) is 2. The van der Waals surface area contributed by atoms with E-state index in [1.807, 2.05) is 18.2 Å². The molecule has 0 aliphatic carbocycles. The van der Waals surface area contributed by atoms with E-state index in [0.29, 0.717) is 16.6 Å². The first-order chi connectivity index (χ1) is 10.1. The van der Waals surface area contributed by atoms with Crippen LogP contribution in [-0.2, 0) is 10.2 Å². The van der Waals surface area contributed by atoms with Crippen LogP contribution in [0, 0.1) is 0 Å². The van der Waals surface area contributed by atoms with Crippen molar-refractivity contribution >= 4 is 29.3 Å². The summed E-state index contributed by atoms with van der Waals surface area (Å²) in [6.07, 6.45) is 2.58. The number of piperidine rings is 1. The number of carbonyl (C=O) groups is 1. The number of methoxy groups -OCH3 is 1. The lowest BCUT2D eigenvalue weighted by Crippen LogP contribution is -2.45. The van der Waals surface area contributed by atoms with Crippen molar-refractivity contribution in [3.8, 4) is 0 Å². The van der Waals surface area contributed by atoms with E-state index < -0.39 is 6.09 Å². The fraction of sp³-hybridized carbons (Fsp3) is 0.533. The first-order valence-electron chi connectivity index (χ1n) is 7.05. The van der Waals surface area contributed by atoms with Gasteiger partial charge in [-0.05, 0) is 43.5 Å². The molecule has 2 rings (SSSR count). The zero-order valence-corrected chi connectivity index (χ0v) is 13.6. The number of halogens is 2. The molecule has 2 N–H and O–H groups in total. The van der Waals surface area contributed by atoms with Crippen LogP contribution >= 0.6 is 23.2 Å². The number of carbonyl (C=O) groups excluding carboxylic acids is 1. The SMILES string of the molecule is COC(=O)NCC[C@]1(c2ccc(Cl)c(Cl)c2)CCCNC1. The van der Waals surface area contributed by atoms with Gasteiger partial charge in [-0.2, -0.15) is 0 Å². The maximum Gasteiger partial charge on any atom is 0.406 e. The molecule has 1 atom stereocenters. The number of hydrogen-bond acceptors (Lipinski definition) is 3. The molecule has 1 fully saturated rings. The summed E-state index contributed by atoms with van der Waals surface area (Å²) in [6, 6.07) is 5.80. The smallest absolute Gasteiger partial charge is 0.406 e. The number of alkyl carbamates (subject to hydrolysis) is 1. The van der Waals surface area contributed by atoms with Crippen molar-refractivity contribution in [1.29, 1.82) is 0 Å². The predicted molar refractivity (Wildman–Crippen MR) is 85.3 cm³/mol. The first kappa shape index (κ1) is 16.4. The normalized spacial score (nSPS) is 21.9. The van der Waals surface area contributed by atoms with Gasteiger partial charge in [0.2, 0.25) is 0 Å². The van der Waals surface area contributed by atoms with Gasteiger partial charge in [0.25, 0.3) is 0 Å². The number of rotatable bonds is 4. The maximum atomic E-state index is 11.2. The third-order valence-electron chi connectivity index (χ3n) is 4.06. The van der Waals surface area contributed by atoms with E-state index in [1.165, 1.54) is 7.11 Å². The molecule has 0 unspecified atom stereocenters. The molecule has 1 saturated heterocycles. The Kier molecular flexibility index (Phi) is 5.73. The molecule has 1 aromatic rings. The molecule has 0 radical (unpaired) electrons. The second-order valence-corrected chi connectivity index (χ2v) is 6.17. The van der Waals surface area contributed by atoms with Crippen molar-refractivity contribution in [2.24, 2.45) is 0 Å². The van der Waals surface area contributed by atoms with Gasteiger partial charge in [0, 0.05) is 18.5 Å². The first-order valence-corrected chi connectivity index (χ1v) is 7.81. The van der Waals surface area contributed by atoms with Crippen molar-refractivity contribution in [2.45, 2.75) is 24.7 Å². The van der Waals surface area contributed by atoms with E-state index in [9.17, 15) is 4.79 Å². The van der Waals surface area contributed by atoms with E-state index in [4.69, 9.17) is 23.2 Å². The summed E-state index contributed by atoms with van der Waals surface area (Å²) in [5, 5.41) is 7.32. The van der Waals surface area contributed by atoms with Gasteiger partial charge in [-0.15, -0.1) is 0 Å². The van der Waals surface area contributed by atoms with E-state index in [0.717, 1.165) is 37.9 Å². The van der Waals surface area contributed by atoms with Crippen LogP contribution in [0.4, 0.5) is 4.79 Å². The van der Waals surface area contributed by atoms with Crippen LogP contribution in [0.5, 0.6) is 0 Å². The molecule has 0 aromatic heterocycles. The zero-order valence-electron chi connectivity index (χ0n) is 12.0. The second-order valence-electron chi connectivity index (χ2n) is 5.36. The molecule has 6 heteroatoms. The van der Waals surface area contributed by atoms with Gasteiger partial charge >= 0.3 is 6.09 Å². The van der Waals surface area contributed by atoms with Crippen LogP contribution in [0.3, 0.4) is 0 Å². The highest BCUT2D eigenvalue weighted by Gasteiger charge is 2.34. The quantitative estimate of drug-likeness (QED) is 0.889. The molecule has 21 heavy (non-hydrogen) atoms. The Morgan fingerprint density at radius 1 is 1.43 bits per heavy atom. The van der Waals surface area contributed by atoms with Crippen LogP contribution in [-0.4, -0.2) is 32.8 Å². The van der Waals surface area contributed by atoms with Gasteiger partial charge in [-0.3, -0.25) is 0 Å². The van der Waals surface area contributed by atoms with Gasteiger partial charge in [-0.25, -0.2) is 4.79 Å². The van der Waals surface area contributed by atoms with Crippen molar-refractivity contribution in [2.75, 3.05) is 26.7 Å². The highest BCUT2D eigenvalue weighted by atomic mass is 35.5. The lowest BCUT2D eigenvalue weighted by atomic mass is 9.72. The van der Waals surface area contributed by atoms with Crippen LogP contribution in [0.15, 0.2) is 18.2 Å². The predicted octanol–water partition coefficient (Wildman–Crippen LogP) is 3.36. The van der Waals surface area contributed by atoms with Crippen LogP contribution in [0.1, 0.15) is 24.8 Å². The summed E-state index contributed by atoms with van der Waals surface area (Å²) in [5.74, 6) is 0. The number of hydrogen-bond donors (Lipinski definition) is 2. The standard InChI is InChI=1S/C15H20Cl2N2O2/c1-21-14(20)19-8-6-15(5-2-7-18-10-15)11-3-4-12(16)13(17)9-11/h3-4,9,18H,2,5-8,10H2,1H3,(H,19,20)/t15-/m1/s1. The van der Waals surface area contributed by atoms with Crippen LogP contribution in [0.25, 0.3) is 0 Å². The van der Waals surface area contributed by atoms with Gasteiger partial charge in [0.05, 0.1) is 17.2 Å². The fourth-order valence-corrected chi connectivity index (χ4v) is 3.17. The molecule has 116 valence electrons. The summed E-state index contributed by atoms with van der Waals surface area (Å²) >= 11 is 12.2. The van der Waals surface area contributed by atoms with Gasteiger partial charge < -0.3 is 15.4 Å². The summed E-state index contributed by atoms with van der Waals surface area (Å²) in [6.45, 7) is 2.45. The van der Waals surface area contributed by atoms with E-state index in [1.54, 1.807) is 0 Å². The Morgan fingerprint density at radius 2 is 2.24 bits per heavy atom. The Bertz CT molecular complexity index is 502. The van der Waals surface area contributed by atoms with Crippen molar-refractivity contribution in [3.05, 3.63) is 33.8 Å². The molecule has 0 spiro atoms. The summed E-state index contributed by atoms with van der Waals surface area (Å²) < 4.78 is 4.61. The maximum absolute atomic E-state index is 11.2. The Balaban J connectivity index is 2.15. The molecule has 1 aromatic carbocycles. The average Bonchev–Trinajstić information content (AvgIpc) is 2.50. The average molecular weight is 331 g/mol. The monoisotopic (exact) mass is 330 g/mol. The Morgan fingerprint density at radius 3 is 2.86 bits per heavy atom. The van der Waals surface area contributed by atoms with Crippen molar-refractivity contribution in [3.63, 3.8) is 0 Å². The summed E-state index contributed by atoms with van der Waals surface area (Å²) in [4.78, 5) is 11.2. The van der Waals surface area contributed by atoms with E-state index in [2.05, 4.69) is 15.4 Å². The topological polar surface area (TPSA) is 50.4 Å². The minimum absolute atomic E-state index is 0.0342. The number of amides is 1. The van der Waals surface area contributed by atoms with Crippen molar-refractivity contribution < 1.29 is 9.53 Å². The number of ether oxygens (including phenoxy) is 1. The third kappa shape index (κ3) is 4.02. The molecule has 1 aliphatic heterocycles. The molecule has 1 heterocycles. The molecule has 0 saturated carbocycles. The third-order valence-corrected chi connectivity index (χ3v) is 4.80. The highest BCUT2D eigenvalue weighted by Crippen LogP contribution is 2.37. The molecule has 1 aliphatic rings. The van der Waals surface area contributed by atoms with E-state index in [-0.39, 0.29) is 5.41 Å². The largest absolute Gasteiger partial charge is 0.453 e. The minimum atomic E-state index is -0.400. The van der Waals surface area contributed by atoms with E-state index >= 15 is 0 Å². The Labute approximate surface area is 135 Å². The summed E-state index contributed by atoms with van der Waals surface area (Å²) in [5.41, 5.74) is 1.13. The van der Waals surface area contributed by atoms with Crippen LogP contribution < -0.4 is 10.6 Å². The molecule has 0 bridgehead atoms. The zero-order chi connectivity index (χ0) is 15.3. The second kappa shape index (κ2) is 7.34. The molecule has 4 nitrogen and oxygen atoms in total. The fourth-order valence-electron chi connectivity index (χ4n) is 2.87. The van der Waals surface area contributed by atoms with Gasteiger partial charge in [0.15, 0.2) is 0 Å². The van der Waals surface area contributed by atoms with Gasteiger partial charge in [-0.1, -0.05) is 29.3 Å². The Hall–Kier alpha value is -0.970.